The molecule has 0 unspecified atom stereocenters. The molecule has 0 fully saturated rings. The van der Waals surface area contributed by atoms with Crippen molar-refractivity contribution in [2.24, 2.45) is 7.05 Å². The van der Waals surface area contributed by atoms with Crippen LogP contribution < -0.4 is 0 Å². The normalized spacial score (nSPS) is 11.5. The smallest absolute Gasteiger partial charge is 0.275 e. The fourth-order valence-electron chi connectivity index (χ4n) is 2.49. The highest BCUT2D eigenvalue weighted by atomic mass is 19.4. The molecule has 128 valence electrons. The van der Waals surface area contributed by atoms with Crippen LogP contribution in [0.4, 0.5) is 18.9 Å². The maximum Gasteiger partial charge on any atom is 0.416 e. The van der Waals surface area contributed by atoms with E-state index < -0.39 is 16.7 Å². The van der Waals surface area contributed by atoms with Gasteiger partial charge in [0.1, 0.15) is 0 Å². The van der Waals surface area contributed by atoms with Gasteiger partial charge in [0, 0.05) is 19.3 Å². The number of nitrogens with zero attached hydrogens (tertiary/aromatic N) is 3. The summed E-state index contributed by atoms with van der Waals surface area (Å²) >= 11 is 0. The van der Waals surface area contributed by atoms with Crippen LogP contribution in [-0.4, -0.2) is 14.7 Å². The first-order valence-corrected chi connectivity index (χ1v) is 7.22. The van der Waals surface area contributed by atoms with Crippen LogP contribution in [0.2, 0.25) is 0 Å². The number of aryl methyl sites for hydroxylation is 1. The lowest BCUT2D eigenvalue weighted by atomic mass is 9.99. The molecule has 8 heteroatoms. The van der Waals surface area contributed by atoms with Gasteiger partial charge in [-0.25, -0.2) is 0 Å². The molecule has 1 heterocycles. The molecule has 0 amide bonds. The van der Waals surface area contributed by atoms with Gasteiger partial charge >= 0.3 is 6.18 Å². The summed E-state index contributed by atoms with van der Waals surface area (Å²) in [4.78, 5) is 10.7. The largest absolute Gasteiger partial charge is 0.416 e. The molecule has 0 aliphatic heterocycles. The average Bonchev–Trinajstić information content (AvgIpc) is 3.00. The molecule has 2 aromatic carbocycles. The standard InChI is InChI=1S/C17H12F3N3O2/c1-22-9-8-15(21-22)14-10-12(4-7-16(14)23(24)25)11-2-5-13(6-3-11)17(18,19)20/h2-10H,1H3. The summed E-state index contributed by atoms with van der Waals surface area (Å²) in [7, 11) is 1.69. The van der Waals surface area contributed by atoms with E-state index in [2.05, 4.69) is 5.10 Å². The molecular weight excluding hydrogens is 335 g/mol. The third-order valence-electron chi connectivity index (χ3n) is 3.73. The van der Waals surface area contributed by atoms with Gasteiger partial charge in [-0.1, -0.05) is 12.1 Å². The number of rotatable bonds is 3. The zero-order valence-electron chi connectivity index (χ0n) is 13.0. The summed E-state index contributed by atoms with van der Waals surface area (Å²) in [5, 5.41) is 15.4. The van der Waals surface area contributed by atoms with E-state index >= 15 is 0 Å². The molecule has 5 nitrogen and oxygen atoms in total. The Hall–Kier alpha value is -3.16. The Morgan fingerprint density at radius 3 is 2.20 bits per heavy atom. The number of halogens is 3. The van der Waals surface area contributed by atoms with Crippen molar-refractivity contribution < 1.29 is 18.1 Å². The highest BCUT2D eigenvalue weighted by Gasteiger charge is 2.30. The fraction of sp³-hybridized carbons (Fsp3) is 0.118. The van der Waals surface area contributed by atoms with Crippen LogP contribution >= 0.6 is 0 Å². The highest BCUT2D eigenvalue weighted by molar-refractivity contribution is 5.78. The van der Waals surface area contributed by atoms with Crippen LogP contribution in [0.25, 0.3) is 22.4 Å². The minimum absolute atomic E-state index is 0.116. The predicted molar refractivity (Wildman–Crippen MR) is 85.7 cm³/mol. The van der Waals surface area contributed by atoms with Gasteiger partial charge in [-0.05, 0) is 41.5 Å². The van der Waals surface area contributed by atoms with Crippen LogP contribution in [-0.2, 0) is 13.2 Å². The number of hydrogen-bond donors (Lipinski definition) is 0. The Bertz CT molecular complexity index is 931. The van der Waals surface area contributed by atoms with Gasteiger partial charge in [-0.15, -0.1) is 0 Å². The number of alkyl halides is 3. The van der Waals surface area contributed by atoms with Crippen LogP contribution in [0.5, 0.6) is 0 Å². The summed E-state index contributed by atoms with van der Waals surface area (Å²) in [5.74, 6) is 0. The van der Waals surface area contributed by atoms with Crippen molar-refractivity contribution in [2.75, 3.05) is 0 Å². The molecule has 0 radical (unpaired) electrons. The van der Waals surface area contributed by atoms with Crippen molar-refractivity contribution in [3.05, 3.63) is 70.4 Å². The Balaban J connectivity index is 2.07. The topological polar surface area (TPSA) is 61.0 Å². The van der Waals surface area contributed by atoms with Gasteiger partial charge in [0.2, 0.25) is 0 Å². The van der Waals surface area contributed by atoms with Gasteiger partial charge in [-0.2, -0.15) is 18.3 Å². The monoisotopic (exact) mass is 347 g/mol. The first-order valence-electron chi connectivity index (χ1n) is 7.22. The zero-order valence-corrected chi connectivity index (χ0v) is 13.0. The lowest BCUT2D eigenvalue weighted by Crippen LogP contribution is -2.04. The van der Waals surface area contributed by atoms with Crippen molar-refractivity contribution in [1.29, 1.82) is 0 Å². The summed E-state index contributed by atoms with van der Waals surface area (Å²) in [6.07, 6.45) is -2.75. The zero-order chi connectivity index (χ0) is 18.2. The van der Waals surface area contributed by atoms with Gasteiger partial charge in [-0.3, -0.25) is 14.8 Å². The second-order valence-corrected chi connectivity index (χ2v) is 5.44. The molecule has 0 atom stereocenters. The van der Waals surface area contributed by atoms with Crippen molar-refractivity contribution in [3.8, 4) is 22.4 Å². The van der Waals surface area contributed by atoms with Gasteiger partial charge in [0.15, 0.2) is 0 Å². The number of hydrogen-bond acceptors (Lipinski definition) is 3. The second kappa shape index (κ2) is 6.04. The molecular formula is C17H12F3N3O2. The number of aromatic nitrogens is 2. The van der Waals surface area contributed by atoms with E-state index in [1.54, 1.807) is 25.4 Å². The van der Waals surface area contributed by atoms with E-state index in [0.717, 1.165) is 12.1 Å². The molecule has 3 rings (SSSR count). The second-order valence-electron chi connectivity index (χ2n) is 5.44. The van der Waals surface area contributed by atoms with Crippen molar-refractivity contribution >= 4 is 5.69 Å². The molecule has 0 spiro atoms. The Morgan fingerprint density at radius 2 is 1.68 bits per heavy atom. The van der Waals surface area contributed by atoms with Crippen LogP contribution in [0.3, 0.4) is 0 Å². The Kier molecular flexibility index (Phi) is 4.03. The lowest BCUT2D eigenvalue weighted by molar-refractivity contribution is -0.384. The van der Waals surface area contributed by atoms with Crippen LogP contribution in [0.1, 0.15) is 5.56 Å². The summed E-state index contributed by atoms with van der Waals surface area (Å²) in [6, 6.07) is 10.7. The molecule has 0 N–H and O–H groups in total. The first-order chi connectivity index (χ1) is 11.8. The molecule has 0 aliphatic rings. The molecule has 1 aromatic heterocycles. The predicted octanol–water partition coefficient (Wildman–Crippen LogP) is 4.68. The molecule has 0 saturated carbocycles. The molecule has 0 bridgehead atoms. The number of nitro groups is 1. The lowest BCUT2D eigenvalue weighted by Gasteiger charge is -2.09. The van der Waals surface area contributed by atoms with Crippen LogP contribution in [0, 0.1) is 10.1 Å². The quantitative estimate of drug-likeness (QED) is 0.510. The fourth-order valence-corrected chi connectivity index (χ4v) is 2.49. The van der Waals surface area contributed by atoms with E-state index in [9.17, 15) is 23.3 Å². The summed E-state index contributed by atoms with van der Waals surface area (Å²) < 4.78 is 39.5. The minimum Gasteiger partial charge on any atom is -0.275 e. The van der Waals surface area contributed by atoms with E-state index in [1.807, 2.05) is 0 Å². The Labute approximate surface area is 140 Å². The van der Waals surface area contributed by atoms with E-state index in [-0.39, 0.29) is 5.69 Å². The average molecular weight is 347 g/mol. The number of nitro benzene ring substituents is 1. The minimum atomic E-state index is -4.41. The van der Waals surface area contributed by atoms with Gasteiger partial charge in [0.05, 0.1) is 21.7 Å². The maximum atomic E-state index is 12.7. The molecule has 3 aromatic rings. The van der Waals surface area contributed by atoms with Crippen molar-refractivity contribution in [2.45, 2.75) is 6.18 Å². The summed E-state index contributed by atoms with van der Waals surface area (Å²) in [5.41, 5.74) is 0.962. The molecule has 0 aliphatic carbocycles. The van der Waals surface area contributed by atoms with E-state index in [0.29, 0.717) is 22.4 Å². The van der Waals surface area contributed by atoms with Gasteiger partial charge < -0.3 is 0 Å². The van der Waals surface area contributed by atoms with E-state index in [4.69, 9.17) is 0 Å². The van der Waals surface area contributed by atoms with Crippen molar-refractivity contribution in [3.63, 3.8) is 0 Å². The number of benzene rings is 2. The third kappa shape index (κ3) is 3.37. The molecule has 25 heavy (non-hydrogen) atoms. The summed E-state index contributed by atoms with van der Waals surface area (Å²) in [6.45, 7) is 0. The van der Waals surface area contributed by atoms with Crippen LogP contribution in [0.15, 0.2) is 54.7 Å². The Morgan fingerprint density at radius 1 is 1.04 bits per heavy atom. The van der Waals surface area contributed by atoms with Crippen molar-refractivity contribution in [1.82, 2.24) is 9.78 Å². The highest BCUT2D eigenvalue weighted by Crippen LogP contribution is 2.35. The van der Waals surface area contributed by atoms with Gasteiger partial charge in [0.25, 0.3) is 5.69 Å². The third-order valence-corrected chi connectivity index (χ3v) is 3.73. The first kappa shape index (κ1) is 16.7. The molecule has 0 saturated heterocycles. The maximum absolute atomic E-state index is 12.7. The SMILES string of the molecule is Cn1ccc(-c2cc(-c3ccc(C(F)(F)F)cc3)ccc2[N+](=O)[O-])n1. The van der Waals surface area contributed by atoms with E-state index in [1.165, 1.54) is 28.9 Å².